The molecule has 28 heavy (non-hydrogen) atoms. The minimum Gasteiger partial charge on any atom is -0.481 e. The summed E-state index contributed by atoms with van der Waals surface area (Å²) in [5, 5.41) is 3.83. The van der Waals surface area contributed by atoms with Crippen LogP contribution in [0.2, 0.25) is 0 Å². The molecule has 0 saturated carbocycles. The smallest absolute Gasteiger partial charge is 0.265 e. The maximum absolute atomic E-state index is 13.0. The first-order valence-corrected chi connectivity index (χ1v) is 9.86. The van der Waals surface area contributed by atoms with Gasteiger partial charge in [-0.1, -0.05) is 11.3 Å². The van der Waals surface area contributed by atoms with Crippen LogP contribution in [-0.4, -0.2) is 43.3 Å². The highest BCUT2D eigenvalue weighted by Gasteiger charge is 2.17. The molecule has 0 unspecified atom stereocenters. The molecule has 1 atom stereocenters. The van der Waals surface area contributed by atoms with Gasteiger partial charge in [-0.3, -0.25) is 4.79 Å². The number of rotatable bonds is 5. The van der Waals surface area contributed by atoms with Crippen molar-refractivity contribution in [3.63, 3.8) is 0 Å². The third kappa shape index (κ3) is 4.23. The maximum atomic E-state index is 13.0. The number of aromatic nitrogens is 1. The van der Waals surface area contributed by atoms with Crippen molar-refractivity contribution in [2.75, 3.05) is 36.5 Å². The number of hydrogen-bond donors (Lipinski definition) is 1. The normalized spacial score (nSPS) is 15.4. The zero-order valence-corrected chi connectivity index (χ0v) is 16.2. The molecule has 6 nitrogen and oxygen atoms in total. The molecule has 1 saturated heterocycles. The number of ether oxygens (including phenoxy) is 2. The van der Waals surface area contributed by atoms with Gasteiger partial charge in [0.15, 0.2) is 11.2 Å². The molecular weight excluding hydrogens is 381 g/mol. The molecule has 0 radical (unpaired) electrons. The summed E-state index contributed by atoms with van der Waals surface area (Å²) in [6.45, 7) is 4.75. The Kier molecular flexibility index (Phi) is 5.40. The lowest BCUT2D eigenvalue weighted by atomic mass is 10.2. The topological polar surface area (TPSA) is 63.7 Å². The van der Waals surface area contributed by atoms with Crippen molar-refractivity contribution in [1.82, 2.24) is 4.98 Å². The lowest BCUT2D eigenvalue weighted by Gasteiger charge is -2.25. The third-order valence-corrected chi connectivity index (χ3v) is 5.50. The van der Waals surface area contributed by atoms with Crippen LogP contribution in [0.5, 0.6) is 5.75 Å². The predicted molar refractivity (Wildman–Crippen MR) is 108 cm³/mol. The lowest BCUT2D eigenvalue weighted by Crippen LogP contribution is -2.36. The summed E-state index contributed by atoms with van der Waals surface area (Å²) in [4.78, 5) is 19.3. The van der Waals surface area contributed by atoms with Crippen molar-refractivity contribution < 1.29 is 18.7 Å². The summed E-state index contributed by atoms with van der Waals surface area (Å²) in [5.74, 6) is -0.183. The number of benzene rings is 2. The van der Waals surface area contributed by atoms with Gasteiger partial charge < -0.3 is 19.7 Å². The fraction of sp³-hybridized carbons (Fsp3) is 0.300. The molecule has 2 aromatic carbocycles. The monoisotopic (exact) mass is 401 g/mol. The zero-order chi connectivity index (χ0) is 19.5. The van der Waals surface area contributed by atoms with Crippen molar-refractivity contribution in [2.24, 2.45) is 0 Å². The van der Waals surface area contributed by atoms with Gasteiger partial charge in [-0.25, -0.2) is 9.37 Å². The highest BCUT2D eigenvalue weighted by Crippen LogP contribution is 2.31. The van der Waals surface area contributed by atoms with E-state index < -0.39 is 6.10 Å². The third-order valence-electron chi connectivity index (χ3n) is 4.42. The molecule has 0 aliphatic carbocycles. The van der Waals surface area contributed by atoms with E-state index in [1.807, 2.05) is 18.2 Å². The number of nitrogens with one attached hydrogen (secondary N) is 1. The largest absolute Gasteiger partial charge is 0.481 e. The summed E-state index contributed by atoms with van der Waals surface area (Å²) in [6, 6.07) is 11.2. The van der Waals surface area contributed by atoms with Gasteiger partial charge in [-0.05, 0) is 49.4 Å². The summed E-state index contributed by atoms with van der Waals surface area (Å²) >= 11 is 1.60. The summed E-state index contributed by atoms with van der Waals surface area (Å²) in [7, 11) is 0. The van der Waals surface area contributed by atoms with Crippen LogP contribution in [-0.2, 0) is 9.53 Å². The Hall–Kier alpha value is -2.71. The van der Waals surface area contributed by atoms with Crippen LogP contribution in [0.25, 0.3) is 10.2 Å². The minimum atomic E-state index is -0.716. The standard InChI is InChI=1S/C20H20FN3O3S/c1-13(27-16-5-2-14(21)3-6-16)19(25)22-15-4-7-17-18(12-15)28-20(23-17)24-8-10-26-11-9-24/h2-7,12-13H,8-11H2,1H3,(H,22,25)/t13-/m1/s1. The Bertz CT molecular complexity index is 970. The number of anilines is 2. The van der Waals surface area contributed by atoms with Crippen LogP contribution in [0.15, 0.2) is 42.5 Å². The highest BCUT2D eigenvalue weighted by molar-refractivity contribution is 7.22. The van der Waals surface area contributed by atoms with Gasteiger partial charge in [0.2, 0.25) is 0 Å². The highest BCUT2D eigenvalue weighted by atomic mass is 32.1. The first kappa shape index (κ1) is 18.6. The van der Waals surface area contributed by atoms with E-state index in [0.717, 1.165) is 28.4 Å². The van der Waals surface area contributed by atoms with Crippen molar-refractivity contribution in [3.05, 3.63) is 48.3 Å². The Morgan fingerprint density at radius 3 is 2.75 bits per heavy atom. The van der Waals surface area contributed by atoms with Gasteiger partial charge in [0, 0.05) is 18.8 Å². The number of thiazole rings is 1. The van der Waals surface area contributed by atoms with Crippen molar-refractivity contribution in [3.8, 4) is 5.75 Å². The van der Waals surface area contributed by atoms with Crippen LogP contribution in [0, 0.1) is 5.82 Å². The van der Waals surface area contributed by atoms with Crippen LogP contribution >= 0.6 is 11.3 Å². The fourth-order valence-electron chi connectivity index (χ4n) is 2.89. The Morgan fingerprint density at radius 2 is 2.00 bits per heavy atom. The van der Waals surface area contributed by atoms with Crippen LogP contribution in [0.4, 0.5) is 15.2 Å². The maximum Gasteiger partial charge on any atom is 0.265 e. The Labute approximate surface area is 165 Å². The average Bonchev–Trinajstić information content (AvgIpc) is 3.14. The molecule has 1 aliphatic rings. The Morgan fingerprint density at radius 1 is 1.25 bits per heavy atom. The number of morpholine rings is 1. The molecule has 0 bridgehead atoms. The first-order chi connectivity index (χ1) is 13.6. The quantitative estimate of drug-likeness (QED) is 0.707. The van der Waals surface area contributed by atoms with Crippen molar-refractivity contribution in [2.45, 2.75) is 13.0 Å². The van der Waals surface area contributed by atoms with Gasteiger partial charge in [0.05, 0.1) is 23.4 Å². The summed E-state index contributed by atoms with van der Waals surface area (Å²) in [5.41, 5.74) is 1.59. The molecule has 1 N–H and O–H groups in total. The SMILES string of the molecule is C[C@@H](Oc1ccc(F)cc1)C(=O)Nc1ccc2nc(N3CCOCC3)sc2c1. The van der Waals surface area contributed by atoms with Gasteiger partial charge in [-0.15, -0.1) is 0 Å². The molecule has 8 heteroatoms. The van der Waals surface area contributed by atoms with E-state index in [-0.39, 0.29) is 11.7 Å². The number of amides is 1. The molecular formula is C20H20FN3O3S. The lowest BCUT2D eigenvalue weighted by molar-refractivity contribution is -0.122. The number of fused-ring (bicyclic) bond motifs is 1. The van der Waals surface area contributed by atoms with Gasteiger partial charge in [-0.2, -0.15) is 0 Å². The van der Waals surface area contributed by atoms with Gasteiger partial charge in [0.25, 0.3) is 5.91 Å². The molecule has 1 aromatic heterocycles. The van der Waals surface area contributed by atoms with Gasteiger partial charge >= 0.3 is 0 Å². The number of halogens is 1. The van der Waals surface area contributed by atoms with Crippen molar-refractivity contribution >= 4 is 38.3 Å². The second-order valence-corrected chi connectivity index (χ2v) is 7.49. The minimum absolute atomic E-state index is 0.276. The predicted octanol–water partition coefficient (Wildman–Crippen LogP) is 3.68. The number of hydrogen-bond acceptors (Lipinski definition) is 6. The molecule has 3 aromatic rings. The fourth-order valence-corrected chi connectivity index (χ4v) is 3.95. The second-order valence-electron chi connectivity index (χ2n) is 6.48. The van der Waals surface area contributed by atoms with E-state index in [1.54, 1.807) is 18.3 Å². The molecule has 4 rings (SSSR count). The van der Waals surface area contributed by atoms with E-state index >= 15 is 0 Å². The van der Waals surface area contributed by atoms with E-state index in [9.17, 15) is 9.18 Å². The first-order valence-electron chi connectivity index (χ1n) is 9.05. The van der Waals surface area contributed by atoms with E-state index in [1.165, 1.54) is 24.3 Å². The zero-order valence-electron chi connectivity index (χ0n) is 15.4. The summed E-state index contributed by atoms with van der Waals surface area (Å²) in [6.07, 6.45) is -0.716. The van der Waals surface area contributed by atoms with Crippen molar-refractivity contribution in [1.29, 1.82) is 0 Å². The van der Waals surface area contributed by atoms with Crippen LogP contribution in [0.3, 0.4) is 0 Å². The molecule has 1 amide bonds. The van der Waals surface area contributed by atoms with Crippen LogP contribution < -0.4 is 15.0 Å². The summed E-state index contributed by atoms with van der Waals surface area (Å²) < 4.78 is 24.9. The molecule has 146 valence electrons. The molecule has 0 spiro atoms. The average molecular weight is 401 g/mol. The van der Waals surface area contributed by atoms with E-state index in [0.29, 0.717) is 24.7 Å². The number of carbonyl (C=O) groups excluding carboxylic acids is 1. The number of carbonyl (C=O) groups is 1. The van der Waals surface area contributed by atoms with E-state index in [4.69, 9.17) is 9.47 Å². The Balaban J connectivity index is 1.43. The molecule has 1 fully saturated rings. The van der Waals surface area contributed by atoms with Gasteiger partial charge in [0.1, 0.15) is 11.6 Å². The molecule has 1 aliphatic heterocycles. The van der Waals surface area contributed by atoms with E-state index in [2.05, 4.69) is 15.2 Å². The van der Waals surface area contributed by atoms with Crippen LogP contribution in [0.1, 0.15) is 6.92 Å². The molecule has 2 heterocycles. The second kappa shape index (κ2) is 8.12. The number of nitrogens with zero attached hydrogens (tertiary/aromatic N) is 2.